The maximum Gasteiger partial charge on any atom is 0.421 e. The lowest BCUT2D eigenvalue weighted by molar-refractivity contribution is -0.258. The van der Waals surface area contributed by atoms with E-state index in [1.54, 1.807) is 54.3 Å². The number of nitrogens with zero attached hydrogens (tertiary/aromatic N) is 3. The predicted molar refractivity (Wildman–Crippen MR) is 162 cm³/mol. The van der Waals surface area contributed by atoms with E-state index in [9.17, 15) is 35.1 Å². The second kappa shape index (κ2) is 12.4. The summed E-state index contributed by atoms with van der Waals surface area (Å²) in [4.78, 5) is 2.08. The third kappa shape index (κ3) is 7.04. The van der Waals surface area contributed by atoms with Gasteiger partial charge >= 0.3 is 6.18 Å². The quantitative estimate of drug-likeness (QED) is 0.326. The second-order valence-corrected chi connectivity index (χ2v) is 15.0. The highest BCUT2D eigenvalue weighted by atomic mass is 32.2. The van der Waals surface area contributed by atoms with Crippen molar-refractivity contribution in [2.24, 2.45) is 0 Å². The average molecular weight is 658 g/mol. The Balaban J connectivity index is 1.73. The molecule has 234 valence electrons. The molecule has 0 saturated carbocycles. The van der Waals surface area contributed by atoms with E-state index < -0.39 is 43.9 Å². The number of sulfonamides is 2. The molecular weight excluding hydrogens is 624 g/mol. The minimum atomic E-state index is -4.90. The lowest BCUT2D eigenvalue weighted by Gasteiger charge is -2.44. The van der Waals surface area contributed by atoms with Gasteiger partial charge in [-0.3, -0.25) is 0 Å². The van der Waals surface area contributed by atoms with Crippen LogP contribution in [0, 0.1) is 0 Å². The number of thiol groups is 1. The molecule has 0 amide bonds. The first-order valence-corrected chi connectivity index (χ1v) is 17.1. The van der Waals surface area contributed by atoms with Crippen molar-refractivity contribution in [3.05, 3.63) is 90.0 Å². The predicted octanol–water partition coefficient (Wildman–Crippen LogP) is 4.65. The van der Waals surface area contributed by atoms with Crippen LogP contribution in [0.3, 0.4) is 0 Å². The van der Waals surface area contributed by atoms with Crippen LogP contribution in [-0.4, -0.2) is 75.2 Å². The van der Waals surface area contributed by atoms with Crippen molar-refractivity contribution in [3.8, 4) is 0 Å². The van der Waals surface area contributed by atoms with Crippen molar-refractivity contribution in [2.45, 2.75) is 47.5 Å². The molecule has 8 nitrogen and oxygen atoms in total. The van der Waals surface area contributed by atoms with Crippen molar-refractivity contribution < 1.29 is 35.1 Å². The monoisotopic (exact) mass is 657 g/mol. The van der Waals surface area contributed by atoms with Crippen LogP contribution >= 0.6 is 12.6 Å². The molecule has 1 heterocycles. The highest BCUT2D eigenvalue weighted by Crippen LogP contribution is 2.39. The molecule has 0 aromatic heterocycles. The molecule has 3 atom stereocenters. The van der Waals surface area contributed by atoms with Gasteiger partial charge in [-0.1, -0.05) is 54.6 Å². The second-order valence-electron chi connectivity index (χ2n) is 10.7. The van der Waals surface area contributed by atoms with E-state index in [-0.39, 0.29) is 41.5 Å². The van der Waals surface area contributed by atoms with Crippen molar-refractivity contribution in [3.63, 3.8) is 0 Å². The molecule has 0 unspecified atom stereocenters. The van der Waals surface area contributed by atoms with Gasteiger partial charge in [-0.2, -0.15) is 21.8 Å². The van der Waals surface area contributed by atoms with Crippen LogP contribution in [0.15, 0.2) is 88.7 Å². The van der Waals surface area contributed by atoms with E-state index in [0.717, 1.165) is 11.8 Å². The molecule has 1 saturated heterocycles. The number of halogens is 3. The fourth-order valence-corrected chi connectivity index (χ4v) is 8.38. The molecule has 1 fully saturated rings. The molecular formula is C29H34F3N3O5S3. The van der Waals surface area contributed by atoms with Gasteiger partial charge in [0.05, 0.1) is 17.2 Å². The zero-order valence-corrected chi connectivity index (χ0v) is 26.3. The highest BCUT2D eigenvalue weighted by Gasteiger charge is 2.51. The van der Waals surface area contributed by atoms with E-state index >= 15 is 0 Å². The van der Waals surface area contributed by atoms with Gasteiger partial charge in [0.15, 0.2) is 5.60 Å². The van der Waals surface area contributed by atoms with Crippen molar-refractivity contribution in [1.29, 1.82) is 0 Å². The van der Waals surface area contributed by atoms with Crippen LogP contribution in [0.2, 0.25) is 0 Å². The lowest BCUT2D eigenvalue weighted by Crippen LogP contribution is -2.59. The summed E-state index contributed by atoms with van der Waals surface area (Å²) in [5.74, 6) is 0. The zero-order chi connectivity index (χ0) is 31.8. The third-order valence-electron chi connectivity index (χ3n) is 7.77. The molecule has 4 rings (SSSR count). The first-order valence-electron chi connectivity index (χ1n) is 13.4. The Hall–Kier alpha value is -2.62. The summed E-state index contributed by atoms with van der Waals surface area (Å²) in [7, 11) is -7.82. The van der Waals surface area contributed by atoms with E-state index in [2.05, 4.69) is 12.6 Å². The summed E-state index contributed by atoms with van der Waals surface area (Å²) in [5.41, 5.74) is -2.24. The number of anilines is 1. The molecule has 0 aliphatic carbocycles. The van der Waals surface area contributed by atoms with Gasteiger partial charge in [0, 0.05) is 42.8 Å². The molecule has 3 aromatic carbocycles. The van der Waals surface area contributed by atoms with Crippen molar-refractivity contribution in [2.75, 3.05) is 37.3 Å². The summed E-state index contributed by atoms with van der Waals surface area (Å²) in [5, 5.41) is 10.1. The highest BCUT2D eigenvalue weighted by molar-refractivity contribution is 7.90. The lowest BCUT2D eigenvalue weighted by atomic mass is 9.95. The summed E-state index contributed by atoms with van der Waals surface area (Å²) in [6.07, 6.45) is -3.82. The van der Waals surface area contributed by atoms with Crippen molar-refractivity contribution >= 4 is 38.4 Å². The fourth-order valence-electron chi connectivity index (χ4n) is 5.18. The van der Waals surface area contributed by atoms with Crippen LogP contribution in [0.5, 0.6) is 0 Å². The number of aliphatic hydroxyl groups is 1. The van der Waals surface area contributed by atoms with Crippen LogP contribution in [0.1, 0.15) is 31.0 Å². The molecule has 1 N–H and O–H groups in total. The number of alkyl halides is 3. The van der Waals surface area contributed by atoms with E-state index in [1.165, 1.54) is 38.9 Å². The van der Waals surface area contributed by atoms with Gasteiger partial charge < -0.3 is 10.0 Å². The molecule has 0 spiro atoms. The maximum atomic E-state index is 13.7. The Kier molecular flexibility index (Phi) is 9.60. The molecule has 0 radical (unpaired) electrons. The standard InChI is InChI=1S/C29H34F3N3O5S3/c1-21(22-9-5-4-6-10-22)35(42(3,37)38)20-25-19-33(43(39,40)27-12-8-7-11-26(27)41)17-18-34(25)24-15-13-23(14-16-24)28(2,36)29(30,31)32/h4-16,21,25,36,41H,17-20H2,1-3H3/t21-,25-,28-/m1/s1. The van der Waals surface area contributed by atoms with Gasteiger partial charge in [-0.25, -0.2) is 16.8 Å². The Labute approximate surface area is 256 Å². The van der Waals surface area contributed by atoms with Crippen LogP contribution < -0.4 is 4.90 Å². The minimum absolute atomic E-state index is 0.0156. The first-order chi connectivity index (χ1) is 19.9. The Bertz CT molecular complexity index is 1640. The number of piperazine rings is 1. The molecule has 1 aliphatic heterocycles. The van der Waals surface area contributed by atoms with Crippen LogP contribution in [0.4, 0.5) is 18.9 Å². The topological polar surface area (TPSA) is 98.2 Å². The number of benzene rings is 3. The third-order valence-corrected chi connectivity index (χ3v) is 11.6. The Morgan fingerprint density at radius 2 is 1.53 bits per heavy atom. The minimum Gasteiger partial charge on any atom is -0.376 e. The molecule has 43 heavy (non-hydrogen) atoms. The van der Waals surface area contributed by atoms with Gasteiger partial charge in [0.2, 0.25) is 20.0 Å². The van der Waals surface area contributed by atoms with E-state index in [1.807, 2.05) is 6.07 Å². The maximum absolute atomic E-state index is 13.7. The molecule has 14 heteroatoms. The summed E-state index contributed by atoms with van der Waals surface area (Å²) >= 11 is 4.32. The van der Waals surface area contributed by atoms with Crippen molar-refractivity contribution in [1.82, 2.24) is 8.61 Å². The average Bonchev–Trinajstić information content (AvgIpc) is 2.95. The number of hydrogen-bond acceptors (Lipinski definition) is 7. The zero-order valence-electron chi connectivity index (χ0n) is 23.8. The Morgan fingerprint density at radius 3 is 2.09 bits per heavy atom. The normalized spacial score (nSPS) is 19.3. The van der Waals surface area contributed by atoms with Gasteiger partial charge in [-0.15, -0.1) is 12.6 Å². The summed E-state index contributed by atoms with van der Waals surface area (Å²) in [6, 6.07) is 19.1. The molecule has 3 aromatic rings. The summed E-state index contributed by atoms with van der Waals surface area (Å²) in [6.45, 7) is 2.37. The van der Waals surface area contributed by atoms with Crippen LogP contribution in [-0.2, 0) is 25.6 Å². The van der Waals surface area contributed by atoms with E-state index in [4.69, 9.17) is 0 Å². The van der Waals surface area contributed by atoms with E-state index in [0.29, 0.717) is 12.6 Å². The molecule has 1 aliphatic rings. The van der Waals surface area contributed by atoms with Crippen LogP contribution in [0.25, 0.3) is 0 Å². The smallest absolute Gasteiger partial charge is 0.376 e. The van der Waals surface area contributed by atoms with Gasteiger partial charge in [0.1, 0.15) is 0 Å². The summed E-state index contributed by atoms with van der Waals surface area (Å²) < 4.78 is 96.4. The van der Waals surface area contributed by atoms with Gasteiger partial charge in [-0.05, 0) is 49.2 Å². The largest absolute Gasteiger partial charge is 0.421 e. The molecule has 0 bridgehead atoms. The fraction of sp³-hybridized carbons (Fsp3) is 0.379. The number of hydrogen-bond donors (Lipinski definition) is 2. The SMILES string of the molecule is C[C@H](c1ccccc1)N(C[C@H]1CN(S(=O)(=O)c2ccccc2S)CCN1c1ccc([C@@](C)(O)C(F)(F)F)cc1)S(C)(=O)=O. The Morgan fingerprint density at radius 1 is 0.953 bits per heavy atom. The van der Waals surface area contributed by atoms with Gasteiger partial charge in [0.25, 0.3) is 0 Å². The first kappa shape index (κ1) is 33.3. The number of rotatable bonds is 9.